The van der Waals surface area contributed by atoms with Gasteiger partial charge in [0.25, 0.3) is 5.91 Å². The Kier molecular flexibility index (Phi) is 6.17. The first kappa shape index (κ1) is 18.9. The van der Waals surface area contributed by atoms with Gasteiger partial charge >= 0.3 is 5.97 Å². The molecule has 0 bridgehead atoms. The van der Waals surface area contributed by atoms with Crippen molar-refractivity contribution in [1.82, 2.24) is 0 Å². The molecular weight excluding hydrogens is 352 g/mol. The first-order chi connectivity index (χ1) is 13.6. The maximum atomic E-state index is 12.0. The summed E-state index contributed by atoms with van der Waals surface area (Å²) in [5, 5.41) is 11.4. The first-order valence-electron chi connectivity index (χ1n) is 8.74. The van der Waals surface area contributed by atoms with Gasteiger partial charge in [-0.3, -0.25) is 9.59 Å². The molecule has 1 amide bonds. The highest BCUT2D eigenvalue weighted by atomic mass is 16.5. The smallest absolute Gasteiger partial charge is 0.310 e. The van der Waals surface area contributed by atoms with E-state index in [-0.39, 0.29) is 13.0 Å². The van der Waals surface area contributed by atoms with Gasteiger partial charge in [0.2, 0.25) is 0 Å². The molecular formula is C23H18N2O3. The van der Waals surface area contributed by atoms with Crippen LogP contribution in [-0.4, -0.2) is 18.5 Å². The molecule has 0 aliphatic rings. The van der Waals surface area contributed by atoms with Gasteiger partial charge in [0, 0.05) is 5.69 Å². The highest BCUT2D eigenvalue weighted by Crippen LogP contribution is 2.19. The normalized spacial score (nSPS) is 9.96. The number of carbonyl (C=O) groups excluding carboxylic acids is 2. The van der Waals surface area contributed by atoms with Crippen molar-refractivity contribution in [2.24, 2.45) is 0 Å². The lowest BCUT2D eigenvalue weighted by Crippen LogP contribution is -2.21. The summed E-state index contributed by atoms with van der Waals surface area (Å²) in [6, 6.07) is 26.1. The van der Waals surface area contributed by atoms with Crippen LogP contribution < -0.4 is 5.32 Å². The van der Waals surface area contributed by atoms with Crippen molar-refractivity contribution in [3.63, 3.8) is 0 Å². The Hall–Kier alpha value is -3.91. The fourth-order valence-corrected chi connectivity index (χ4v) is 2.63. The molecule has 3 rings (SSSR count). The van der Waals surface area contributed by atoms with Crippen molar-refractivity contribution in [2.45, 2.75) is 6.42 Å². The van der Waals surface area contributed by atoms with E-state index in [4.69, 9.17) is 10.00 Å². The highest BCUT2D eigenvalue weighted by molar-refractivity contribution is 5.92. The van der Waals surface area contributed by atoms with Crippen LogP contribution in [0.2, 0.25) is 0 Å². The van der Waals surface area contributed by atoms with E-state index in [2.05, 4.69) is 5.32 Å². The molecule has 0 aliphatic carbocycles. The third-order valence-corrected chi connectivity index (χ3v) is 4.07. The summed E-state index contributed by atoms with van der Waals surface area (Å²) in [7, 11) is 0. The Labute approximate surface area is 163 Å². The number of anilines is 1. The number of benzene rings is 3. The monoisotopic (exact) mass is 370 g/mol. The molecule has 0 aromatic heterocycles. The van der Waals surface area contributed by atoms with Crippen LogP contribution in [0.4, 0.5) is 5.69 Å². The van der Waals surface area contributed by atoms with Crippen molar-refractivity contribution in [1.29, 1.82) is 5.26 Å². The van der Waals surface area contributed by atoms with E-state index in [1.807, 2.05) is 60.7 Å². The Bertz CT molecular complexity index is 989. The summed E-state index contributed by atoms with van der Waals surface area (Å²) in [5.41, 5.74) is 4.03. The molecule has 0 radical (unpaired) electrons. The Balaban J connectivity index is 1.47. The number of nitrogens with one attached hydrogen (secondary N) is 1. The number of nitrogens with zero attached hydrogens (tertiary/aromatic N) is 1. The number of hydrogen-bond donors (Lipinski definition) is 1. The lowest BCUT2D eigenvalue weighted by molar-refractivity contribution is -0.146. The van der Waals surface area contributed by atoms with Crippen LogP contribution in [0.1, 0.15) is 11.1 Å². The van der Waals surface area contributed by atoms with Crippen LogP contribution in [0.15, 0.2) is 78.9 Å². The highest BCUT2D eigenvalue weighted by Gasteiger charge is 2.09. The minimum Gasteiger partial charge on any atom is -0.455 e. The van der Waals surface area contributed by atoms with Gasteiger partial charge in [-0.15, -0.1) is 0 Å². The molecule has 0 fully saturated rings. The molecule has 28 heavy (non-hydrogen) atoms. The molecule has 3 aromatic rings. The molecule has 3 aromatic carbocycles. The van der Waals surface area contributed by atoms with E-state index < -0.39 is 11.9 Å². The van der Waals surface area contributed by atoms with Crippen LogP contribution in [0.25, 0.3) is 11.1 Å². The zero-order valence-electron chi connectivity index (χ0n) is 15.1. The van der Waals surface area contributed by atoms with E-state index >= 15 is 0 Å². The Morgan fingerprint density at radius 1 is 0.857 bits per heavy atom. The number of amides is 1. The summed E-state index contributed by atoms with van der Waals surface area (Å²) in [6.07, 6.45) is 0.0964. The largest absolute Gasteiger partial charge is 0.455 e. The van der Waals surface area contributed by atoms with E-state index in [0.717, 1.165) is 16.7 Å². The number of esters is 1. The summed E-state index contributed by atoms with van der Waals surface area (Å²) in [4.78, 5) is 23.8. The van der Waals surface area contributed by atoms with Gasteiger partial charge in [-0.2, -0.15) is 5.26 Å². The van der Waals surface area contributed by atoms with E-state index in [1.54, 1.807) is 24.3 Å². The molecule has 0 saturated carbocycles. The zero-order chi connectivity index (χ0) is 19.8. The second-order valence-corrected chi connectivity index (χ2v) is 6.14. The third-order valence-electron chi connectivity index (χ3n) is 4.07. The summed E-state index contributed by atoms with van der Waals surface area (Å²) in [6.45, 7) is -0.360. The van der Waals surface area contributed by atoms with Gasteiger partial charge in [-0.05, 0) is 41.0 Å². The van der Waals surface area contributed by atoms with Crippen LogP contribution in [0, 0.1) is 11.3 Å². The van der Waals surface area contributed by atoms with Crippen LogP contribution in [0.5, 0.6) is 0 Å². The topological polar surface area (TPSA) is 79.2 Å². The number of ether oxygens (including phenoxy) is 1. The number of hydrogen-bond acceptors (Lipinski definition) is 4. The van der Waals surface area contributed by atoms with Crippen molar-refractivity contribution in [2.75, 3.05) is 11.9 Å². The van der Waals surface area contributed by atoms with Gasteiger partial charge < -0.3 is 10.1 Å². The zero-order valence-corrected chi connectivity index (χ0v) is 15.1. The predicted octanol–water partition coefficient (Wildman–Crippen LogP) is 3.95. The minimum atomic E-state index is -0.470. The average Bonchev–Trinajstić information content (AvgIpc) is 2.74. The van der Waals surface area contributed by atoms with Crippen LogP contribution >= 0.6 is 0 Å². The quantitative estimate of drug-likeness (QED) is 0.667. The fourth-order valence-electron chi connectivity index (χ4n) is 2.63. The fraction of sp³-hybridized carbons (Fsp3) is 0.0870. The lowest BCUT2D eigenvalue weighted by atomic mass is 10.0. The Morgan fingerprint density at radius 2 is 1.50 bits per heavy atom. The van der Waals surface area contributed by atoms with Crippen molar-refractivity contribution < 1.29 is 14.3 Å². The number of carbonyl (C=O) groups is 2. The van der Waals surface area contributed by atoms with Gasteiger partial charge in [0.05, 0.1) is 18.1 Å². The van der Waals surface area contributed by atoms with E-state index in [1.165, 1.54) is 0 Å². The van der Waals surface area contributed by atoms with Crippen LogP contribution in [-0.2, 0) is 20.7 Å². The molecule has 5 heteroatoms. The molecule has 0 aliphatic heterocycles. The van der Waals surface area contributed by atoms with Gasteiger partial charge in [0.15, 0.2) is 6.61 Å². The second kappa shape index (κ2) is 9.15. The maximum absolute atomic E-state index is 12.0. The van der Waals surface area contributed by atoms with Crippen LogP contribution in [0.3, 0.4) is 0 Å². The minimum absolute atomic E-state index is 0.0964. The van der Waals surface area contributed by atoms with Crippen molar-refractivity contribution in [3.8, 4) is 17.2 Å². The average molecular weight is 370 g/mol. The molecule has 0 unspecified atom stereocenters. The van der Waals surface area contributed by atoms with Crippen molar-refractivity contribution >= 4 is 17.6 Å². The standard InChI is InChI=1S/C23H18N2O3/c24-15-18-8-12-21(13-9-18)25-22(26)16-28-23(27)14-17-6-10-20(11-7-17)19-4-2-1-3-5-19/h1-13H,14,16H2,(H,25,26). The summed E-state index contributed by atoms with van der Waals surface area (Å²) >= 11 is 0. The lowest BCUT2D eigenvalue weighted by Gasteiger charge is -2.07. The maximum Gasteiger partial charge on any atom is 0.310 e. The van der Waals surface area contributed by atoms with Gasteiger partial charge in [0.1, 0.15) is 0 Å². The molecule has 5 nitrogen and oxygen atoms in total. The number of nitriles is 1. The molecule has 0 spiro atoms. The van der Waals surface area contributed by atoms with Gasteiger partial charge in [-0.1, -0.05) is 54.6 Å². The first-order valence-corrected chi connectivity index (χ1v) is 8.74. The molecule has 138 valence electrons. The molecule has 0 saturated heterocycles. The van der Waals surface area contributed by atoms with Crippen molar-refractivity contribution in [3.05, 3.63) is 90.0 Å². The number of rotatable bonds is 6. The van der Waals surface area contributed by atoms with Gasteiger partial charge in [-0.25, -0.2) is 0 Å². The molecule has 0 atom stereocenters. The molecule has 1 N–H and O–H groups in total. The predicted molar refractivity (Wildman–Crippen MR) is 106 cm³/mol. The Morgan fingerprint density at radius 3 is 2.14 bits per heavy atom. The SMILES string of the molecule is N#Cc1ccc(NC(=O)COC(=O)Cc2ccc(-c3ccccc3)cc2)cc1. The summed E-state index contributed by atoms with van der Waals surface area (Å²) < 4.78 is 5.04. The third kappa shape index (κ3) is 5.29. The van der Waals surface area contributed by atoms with E-state index in [9.17, 15) is 9.59 Å². The van der Waals surface area contributed by atoms with E-state index in [0.29, 0.717) is 11.3 Å². The molecule has 0 heterocycles. The second-order valence-electron chi connectivity index (χ2n) is 6.14. The summed E-state index contributed by atoms with van der Waals surface area (Å²) in [5.74, 6) is -0.903.